The Labute approximate surface area is 127 Å². The Morgan fingerprint density at radius 2 is 2.05 bits per heavy atom. The van der Waals surface area contributed by atoms with Crippen LogP contribution in [0.25, 0.3) is 0 Å². The van der Waals surface area contributed by atoms with Crippen molar-refractivity contribution in [2.75, 3.05) is 18.8 Å². The number of nitrogens with two attached hydrogens (primary N) is 1. The van der Waals surface area contributed by atoms with Crippen LogP contribution in [0.15, 0.2) is 18.2 Å². The molecule has 1 fully saturated rings. The average Bonchev–Trinajstić information content (AvgIpc) is 2.78. The van der Waals surface area contributed by atoms with E-state index >= 15 is 0 Å². The van der Waals surface area contributed by atoms with Crippen molar-refractivity contribution in [3.63, 3.8) is 0 Å². The molecule has 0 aromatic heterocycles. The summed E-state index contributed by atoms with van der Waals surface area (Å²) >= 11 is 11.7. The van der Waals surface area contributed by atoms with Crippen LogP contribution in [0, 0.1) is 5.92 Å². The molecule has 20 heavy (non-hydrogen) atoms. The van der Waals surface area contributed by atoms with E-state index in [0.29, 0.717) is 35.1 Å². The molecule has 2 N–H and O–H groups in total. The van der Waals surface area contributed by atoms with Gasteiger partial charge in [-0.05, 0) is 30.5 Å². The summed E-state index contributed by atoms with van der Waals surface area (Å²) in [7, 11) is -3.51. The average molecular weight is 337 g/mol. The topological polar surface area (TPSA) is 80.5 Å². The van der Waals surface area contributed by atoms with E-state index in [0.717, 1.165) is 0 Å². The van der Waals surface area contributed by atoms with Gasteiger partial charge in [-0.2, -0.15) is 0 Å². The van der Waals surface area contributed by atoms with Crippen molar-refractivity contribution >= 4 is 39.1 Å². The van der Waals surface area contributed by atoms with Crippen LogP contribution in [0.2, 0.25) is 10.0 Å². The van der Waals surface area contributed by atoms with Crippen molar-refractivity contribution in [2.45, 2.75) is 6.42 Å². The fourth-order valence-corrected chi connectivity index (χ4v) is 3.52. The summed E-state index contributed by atoms with van der Waals surface area (Å²) in [5, 5.41) is 5.72. The Morgan fingerprint density at radius 3 is 2.65 bits per heavy atom. The normalized spacial score (nSPS) is 19.4. The summed E-state index contributed by atoms with van der Waals surface area (Å²) in [6.07, 6.45) is 0.628. The molecule has 1 aromatic rings. The number of hydrogen-bond donors (Lipinski definition) is 1. The molecular weight excluding hydrogens is 323 g/mol. The third-order valence-electron chi connectivity index (χ3n) is 3.21. The van der Waals surface area contributed by atoms with Crippen molar-refractivity contribution in [3.05, 3.63) is 33.8 Å². The maximum absolute atomic E-state index is 12.3. The quantitative estimate of drug-likeness (QED) is 0.912. The maximum Gasteiger partial charge on any atom is 0.253 e. The Morgan fingerprint density at radius 1 is 1.35 bits per heavy atom. The van der Waals surface area contributed by atoms with Crippen LogP contribution >= 0.6 is 23.2 Å². The first-order valence-electron chi connectivity index (χ1n) is 6.01. The molecule has 2 rings (SSSR count). The number of carbonyl (C=O) groups excluding carboxylic acids is 1. The van der Waals surface area contributed by atoms with Gasteiger partial charge in [-0.25, -0.2) is 13.6 Å². The maximum atomic E-state index is 12.3. The zero-order valence-corrected chi connectivity index (χ0v) is 12.9. The summed E-state index contributed by atoms with van der Waals surface area (Å²) < 4.78 is 22.1. The number of carbonyl (C=O) groups is 1. The van der Waals surface area contributed by atoms with Gasteiger partial charge < -0.3 is 4.90 Å². The second-order valence-corrected chi connectivity index (χ2v) is 7.34. The third kappa shape index (κ3) is 3.85. The van der Waals surface area contributed by atoms with Gasteiger partial charge in [-0.15, -0.1) is 0 Å². The van der Waals surface area contributed by atoms with E-state index in [4.69, 9.17) is 28.3 Å². The predicted molar refractivity (Wildman–Crippen MR) is 78.4 cm³/mol. The van der Waals surface area contributed by atoms with E-state index in [-0.39, 0.29) is 17.6 Å². The van der Waals surface area contributed by atoms with Gasteiger partial charge in [0.1, 0.15) is 0 Å². The second-order valence-electron chi connectivity index (χ2n) is 4.86. The molecule has 0 bridgehead atoms. The molecule has 1 saturated heterocycles. The van der Waals surface area contributed by atoms with E-state index in [1.54, 1.807) is 17.0 Å². The Bertz CT molecular complexity index is 634. The van der Waals surface area contributed by atoms with Gasteiger partial charge in [-0.3, -0.25) is 4.79 Å². The van der Waals surface area contributed by atoms with Gasteiger partial charge >= 0.3 is 0 Å². The van der Waals surface area contributed by atoms with Gasteiger partial charge in [0, 0.05) is 18.7 Å². The number of likely N-dealkylation sites (tertiary alicyclic amines) is 1. The molecule has 0 aliphatic carbocycles. The number of benzene rings is 1. The highest BCUT2D eigenvalue weighted by atomic mass is 35.5. The monoisotopic (exact) mass is 336 g/mol. The van der Waals surface area contributed by atoms with Gasteiger partial charge in [0.2, 0.25) is 10.0 Å². The van der Waals surface area contributed by atoms with Crippen LogP contribution < -0.4 is 5.14 Å². The van der Waals surface area contributed by atoms with Gasteiger partial charge in [0.25, 0.3) is 5.91 Å². The lowest BCUT2D eigenvalue weighted by Gasteiger charge is -2.16. The molecule has 5 nitrogen and oxygen atoms in total. The first-order chi connectivity index (χ1) is 9.26. The standard InChI is InChI=1S/C12H14Cl2N2O3S/c13-10-2-1-9(5-11(10)14)12(17)16-4-3-8(6-16)7-20(15,18)19/h1-2,5,8H,3-4,6-7H2,(H2,15,18,19). The smallest absolute Gasteiger partial charge is 0.253 e. The van der Waals surface area contributed by atoms with Crippen LogP contribution in [0.3, 0.4) is 0 Å². The van der Waals surface area contributed by atoms with E-state index in [9.17, 15) is 13.2 Å². The molecule has 1 heterocycles. The summed E-state index contributed by atoms with van der Waals surface area (Å²) in [5.74, 6) is -0.393. The Kier molecular flexibility index (Phi) is 4.59. The summed E-state index contributed by atoms with van der Waals surface area (Å²) in [5.41, 5.74) is 0.440. The minimum atomic E-state index is -3.51. The molecule has 1 aliphatic heterocycles. The Hall–Kier alpha value is -0.820. The van der Waals surface area contributed by atoms with Crippen molar-refractivity contribution in [1.29, 1.82) is 0 Å². The number of sulfonamides is 1. The molecule has 1 atom stereocenters. The lowest BCUT2D eigenvalue weighted by Crippen LogP contribution is -2.30. The Balaban J connectivity index is 2.06. The van der Waals surface area contributed by atoms with E-state index < -0.39 is 10.0 Å². The number of amides is 1. The minimum absolute atomic E-state index is 0.0991. The van der Waals surface area contributed by atoms with Crippen LogP contribution in [0.4, 0.5) is 0 Å². The van der Waals surface area contributed by atoms with Crippen molar-refractivity contribution in [3.8, 4) is 0 Å². The van der Waals surface area contributed by atoms with Crippen molar-refractivity contribution in [1.82, 2.24) is 4.90 Å². The number of nitrogens with zero attached hydrogens (tertiary/aromatic N) is 1. The zero-order chi connectivity index (χ0) is 14.9. The van der Waals surface area contributed by atoms with Crippen molar-refractivity contribution in [2.24, 2.45) is 11.1 Å². The van der Waals surface area contributed by atoms with Crippen LogP contribution in [0.5, 0.6) is 0 Å². The second kappa shape index (κ2) is 5.89. The van der Waals surface area contributed by atoms with Crippen LogP contribution in [0.1, 0.15) is 16.8 Å². The number of halogens is 2. The molecule has 0 spiro atoms. The summed E-state index contributed by atoms with van der Waals surface area (Å²) in [6.45, 7) is 0.898. The van der Waals surface area contributed by atoms with Crippen molar-refractivity contribution < 1.29 is 13.2 Å². The van der Waals surface area contributed by atoms with Crippen LogP contribution in [-0.2, 0) is 10.0 Å². The van der Waals surface area contributed by atoms with E-state index in [1.165, 1.54) is 6.07 Å². The van der Waals surface area contributed by atoms with Gasteiger partial charge in [0.15, 0.2) is 0 Å². The third-order valence-corrected chi connectivity index (χ3v) is 4.88. The molecule has 1 unspecified atom stereocenters. The molecule has 8 heteroatoms. The zero-order valence-electron chi connectivity index (χ0n) is 10.6. The fraction of sp³-hybridized carbons (Fsp3) is 0.417. The van der Waals surface area contributed by atoms with Gasteiger partial charge in [-0.1, -0.05) is 23.2 Å². The molecule has 110 valence electrons. The largest absolute Gasteiger partial charge is 0.338 e. The lowest BCUT2D eigenvalue weighted by atomic mass is 10.1. The fourth-order valence-electron chi connectivity index (χ4n) is 2.29. The first kappa shape index (κ1) is 15.6. The molecular formula is C12H14Cl2N2O3S. The van der Waals surface area contributed by atoms with Gasteiger partial charge in [0.05, 0.1) is 15.8 Å². The molecule has 0 radical (unpaired) electrons. The molecule has 1 aromatic carbocycles. The molecule has 0 saturated carbocycles. The minimum Gasteiger partial charge on any atom is -0.338 e. The SMILES string of the molecule is NS(=O)(=O)CC1CCN(C(=O)c2ccc(Cl)c(Cl)c2)C1. The summed E-state index contributed by atoms with van der Waals surface area (Å²) in [6, 6.07) is 4.68. The highest BCUT2D eigenvalue weighted by Gasteiger charge is 2.29. The first-order valence-corrected chi connectivity index (χ1v) is 8.48. The lowest BCUT2D eigenvalue weighted by molar-refractivity contribution is 0.0788. The summed E-state index contributed by atoms with van der Waals surface area (Å²) in [4.78, 5) is 13.9. The van der Waals surface area contributed by atoms with E-state index in [1.807, 2.05) is 0 Å². The number of hydrogen-bond acceptors (Lipinski definition) is 3. The number of rotatable bonds is 3. The highest BCUT2D eigenvalue weighted by Crippen LogP contribution is 2.25. The molecule has 1 amide bonds. The van der Waals surface area contributed by atoms with E-state index in [2.05, 4.69) is 0 Å². The number of primary sulfonamides is 1. The predicted octanol–water partition coefficient (Wildman–Crippen LogP) is 1.74. The molecule has 1 aliphatic rings. The van der Waals surface area contributed by atoms with Crippen LogP contribution in [-0.4, -0.2) is 38.1 Å². The highest BCUT2D eigenvalue weighted by molar-refractivity contribution is 7.89.